The van der Waals surface area contributed by atoms with Gasteiger partial charge in [0.2, 0.25) is 0 Å². The van der Waals surface area contributed by atoms with E-state index < -0.39 is 4.92 Å². The number of aromatic nitrogens is 2. The first-order chi connectivity index (χ1) is 13.2. The summed E-state index contributed by atoms with van der Waals surface area (Å²) in [5.74, 6) is 1.58. The van der Waals surface area contributed by atoms with Gasteiger partial charge in [-0.2, -0.15) is 0 Å². The summed E-state index contributed by atoms with van der Waals surface area (Å²) in [5.41, 5.74) is 1.76. The Morgan fingerprint density at radius 1 is 1.11 bits per heavy atom. The summed E-state index contributed by atoms with van der Waals surface area (Å²) in [6.07, 6.45) is 4.70. The van der Waals surface area contributed by atoms with Gasteiger partial charge in [-0.15, -0.1) is 12.4 Å². The largest absolute Gasteiger partial charge is 0.353 e. The molecule has 1 aromatic heterocycles. The third-order valence-corrected chi connectivity index (χ3v) is 5.29. The molecule has 28 heavy (non-hydrogen) atoms. The zero-order chi connectivity index (χ0) is 18.8. The minimum Gasteiger partial charge on any atom is -0.353 e. The van der Waals surface area contributed by atoms with Gasteiger partial charge in [-0.1, -0.05) is 19.1 Å². The van der Waals surface area contributed by atoms with Crippen LogP contribution in [0.2, 0.25) is 0 Å². The molecule has 0 amide bonds. The van der Waals surface area contributed by atoms with Crippen molar-refractivity contribution >= 4 is 34.8 Å². The number of para-hydroxylation sites is 1. The fourth-order valence-electron chi connectivity index (χ4n) is 3.84. The Hall–Kier alpha value is -2.73. The van der Waals surface area contributed by atoms with Crippen LogP contribution in [-0.2, 0) is 0 Å². The number of nitrogens with zero attached hydrogens (tertiary/aromatic N) is 4. The van der Waals surface area contributed by atoms with Crippen LogP contribution in [0.15, 0.2) is 48.5 Å². The molecule has 1 aliphatic rings. The number of piperidine rings is 1. The highest BCUT2D eigenvalue weighted by Gasteiger charge is 2.24. The number of anilines is 1. The number of rotatable bonds is 4. The van der Waals surface area contributed by atoms with Crippen molar-refractivity contribution in [1.29, 1.82) is 0 Å². The van der Waals surface area contributed by atoms with E-state index in [2.05, 4.69) is 17.9 Å². The Balaban J connectivity index is 0.00000225. The molecule has 0 radical (unpaired) electrons. The second kappa shape index (κ2) is 8.52. The van der Waals surface area contributed by atoms with Gasteiger partial charge in [-0.05, 0) is 49.9 Å². The Morgan fingerprint density at radius 3 is 2.57 bits per heavy atom. The molecule has 1 atom stereocenters. The van der Waals surface area contributed by atoms with Gasteiger partial charge in [0.1, 0.15) is 5.82 Å². The second-order valence-corrected chi connectivity index (χ2v) is 6.94. The summed E-state index contributed by atoms with van der Waals surface area (Å²) in [5, 5.41) is 12.0. The molecule has 0 saturated carbocycles. The van der Waals surface area contributed by atoms with Crippen LogP contribution in [0.25, 0.3) is 22.3 Å². The maximum atomic E-state index is 10.9. The van der Waals surface area contributed by atoms with Crippen molar-refractivity contribution in [3.05, 3.63) is 58.6 Å². The molecule has 1 saturated heterocycles. The van der Waals surface area contributed by atoms with Crippen LogP contribution in [-0.4, -0.2) is 27.5 Å². The maximum absolute atomic E-state index is 10.9. The summed E-state index contributed by atoms with van der Waals surface area (Å²) in [6.45, 7) is 3.23. The van der Waals surface area contributed by atoms with E-state index in [4.69, 9.17) is 9.97 Å². The molecule has 7 heteroatoms. The second-order valence-electron chi connectivity index (χ2n) is 6.94. The molecule has 0 bridgehead atoms. The first-order valence-corrected chi connectivity index (χ1v) is 9.45. The number of nitro benzene ring substituents is 1. The first kappa shape index (κ1) is 20.0. The average molecular weight is 399 g/mol. The molecule has 0 aliphatic carbocycles. The Morgan fingerprint density at radius 2 is 1.86 bits per heavy atom. The molecule has 0 N–H and O–H groups in total. The first-order valence-electron chi connectivity index (χ1n) is 9.45. The van der Waals surface area contributed by atoms with E-state index >= 15 is 0 Å². The molecule has 1 unspecified atom stereocenters. The van der Waals surface area contributed by atoms with Gasteiger partial charge in [-0.25, -0.2) is 9.97 Å². The Bertz CT molecular complexity index is 978. The molecule has 1 aliphatic heterocycles. The SMILES string of the molecule is CCC1CCCCN1c1nc(-c2ccc([N+](=O)[O-])cc2)nc2ccccc12.Cl. The van der Waals surface area contributed by atoms with Gasteiger partial charge in [-0.3, -0.25) is 10.1 Å². The van der Waals surface area contributed by atoms with Gasteiger partial charge in [0.25, 0.3) is 5.69 Å². The lowest BCUT2D eigenvalue weighted by Crippen LogP contribution is -2.39. The molecule has 3 aromatic rings. The van der Waals surface area contributed by atoms with Crippen LogP contribution in [0.3, 0.4) is 0 Å². The van der Waals surface area contributed by atoms with Gasteiger partial charge in [0.05, 0.1) is 10.4 Å². The van der Waals surface area contributed by atoms with Gasteiger partial charge < -0.3 is 4.90 Å². The van der Waals surface area contributed by atoms with Crippen LogP contribution < -0.4 is 4.90 Å². The van der Waals surface area contributed by atoms with Gasteiger partial charge in [0.15, 0.2) is 5.82 Å². The summed E-state index contributed by atoms with van der Waals surface area (Å²) in [7, 11) is 0. The predicted molar refractivity (Wildman–Crippen MR) is 114 cm³/mol. The van der Waals surface area contributed by atoms with Crippen molar-refractivity contribution in [2.75, 3.05) is 11.4 Å². The lowest BCUT2D eigenvalue weighted by molar-refractivity contribution is -0.384. The van der Waals surface area contributed by atoms with E-state index in [1.807, 2.05) is 18.2 Å². The van der Waals surface area contributed by atoms with E-state index in [-0.39, 0.29) is 18.1 Å². The van der Waals surface area contributed by atoms with E-state index in [1.165, 1.54) is 31.4 Å². The van der Waals surface area contributed by atoms with Crippen LogP contribution in [0.5, 0.6) is 0 Å². The monoisotopic (exact) mass is 398 g/mol. The highest BCUT2D eigenvalue weighted by Crippen LogP contribution is 2.32. The normalized spacial score (nSPS) is 16.6. The number of halogens is 1. The van der Waals surface area contributed by atoms with Crippen LogP contribution >= 0.6 is 12.4 Å². The zero-order valence-corrected chi connectivity index (χ0v) is 16.6. The maximum Gasteiger partial charge on any atom is 0.269 e. The number of non-ortho nitro benzene ring substituents is 1. The standard InChI is InChI=1S/C21H22N4O2.ClH/c1-2-16-7-5-6-14-24(16)21-18-8-3-4-9-19(18)22-20(23-21)15-10-12-17(13-11-15)25(26)27;/h3-4,8-13,16H,2,5-7,14H2,1H3;1H. The van der Waals surface area contributed by atoms with Crippen molar-refractivity contribution in [2.24, 2.45) is 0 Å². The smallest absolute Gasteiger partial charge is 0.269 e. The van der Waals surface area contributed by atoms with Gasteiger partial charge in [0, 0.05) is 35.7 Å². The third-order valence-electron chi connectivity index (χ3n) is 5.29. The van der Waals surface area contributed by atoms with Crippen molar-refractivity contribution in [3.8, 4) is 11.4 Å². The molecule has 146 valence electrons. The molecular weight excluding hydrogens is 376 g/mol. The molecule has 6 nitrogen and oxygen atoms in total. The van der Waals surface area contributed by atoms with Crippen LogP contribution in [0.1, 0.15) is 32.6 Å². The third kappa shape index (κ3) is 3.78. The minimum atomic E-state index is -0.393. The van der Waals surface area contributed by atoms with E-state index in [0.29, 0.717) is 11.9 Å². The highest BCUT2D eigenvalue weighted by atomic mass is 35.5. The fourth-order valence-corrected chi connectivity index (χ4v) is 3.84. The Kier molecular flexibility index (Phi) is 6.09. The average Bonchev–Trinajstić information content (AvgIpc) is 2.73. The molecule has 2 aromatic carbocycles. The van der Waals surface area contributed by atoms with Crippen LogP contribution in [0.4, 0.5) is 11.5 Å². The van der Waals surface area contributed by atoms with E-state index in [9.17, 15) is 10.1 Å². The summed E-state index contributed by atoms with van der Waals surface area (Å²) in [6, 6.07) is 15.0. The molecular formula is C21H23ClN4O2. The predicted octanol–water partition coefficient (Wildman–Crippen LogP) is 5.40. The van der Waals surface area contributed by atoms with Crippen molar-refractivity contribution in [3.63, 3.8) is 0 Å². The van der Waals surface area contributed by atoms with Gasteiger partial charge >= 0.3 is 0 Å². The minimum absolute atomic E-state index is 0. The summed E-state index contributed by atoms with van der Waals surface area (Å²) < 4.78 is 0. The van der Waals surface area contributed by atoms with E-state index in [0.717, 1.165) is 35.2 Å². The summed E-state index contributed by atoms with van der Waals surface area (Å²) >= 11 is 0. The zero-order valence-electron chi connectivity index (χ0n) is 15.7. The quantitative estimate of drug-likeness (QED) is 0.434. The Labute approximate surface area is 170 Å². The highest BCUT2D eigenvalue weighted by molar-refractivity contribution is 5.91. The molecule has 1 fully saturated rings. The molecule has 0 spiro atoms. The number of fused-ring (bicyclic) bond motifs is 1. The topological polar surface area (TPSA) is 72.2 Å². The molecule has 2 heterocycles. The van der Waals surface area contributed by atoms with Crippen LogP contribution in [0, 0.1) is 10.1 Å². The lowest BCUT2D eigenvalue weighted by Gasteiger charge is -2.37. The van der Waals surface area contributed by atoms with Crippen molar-refractivity contribution in [2.45, 2.75) is 38.6 Å². The number of nitro groups is 1. The lowest BCUT2D eigenvalue weighted by atomic mass is 9.99. The van der Waals surface area contributed by atoms with Crippen molar-refractivity contribution in [1.82, 2.24) is 9.97 Å². The van der Waals surface area contributed by atoms with Crippen molar-refractivity contribution < 1.29 is 4.92 Å². The number of hydrogen-bond donors (Lipinski definition) is 0. The summed E-state index contributed by atoms with van der Waals surface area (Å²) in [4.78, 5) is 22.6. The molecule has 4 rings (SSSR count). The number of hydrogen-bond acceptors (Lipinski definition) is 5. The number of benzene rings is 2. The van der Waals surface area contributed by atoms with E-state index in [1.54, 1.807) is 12.1 Å². The fraction of sp³-hybridized carbons (Fsp3) is 0.333.